The molecule has 0 aliphatic carbocycles. The molecule has 2 aromatic carbocycles. The lowest BCUT2D eigenvalue weighted by Crippen LogP contribution is -2.16. The standard InChI is InChI=1S/C19H16BrF3N4OS2/c1-27-16(9-29-8-11-2-4-12(21)5-3-11)25-26-19(27)30-10-17(28)24-18-14(20)6-13(22)7-15(18)23/h2-7H,8-10H2,1H3,(H,24,28). The molecule has 0 atom stereocenters. The van der Waals surface area contributed by atoms with Crippen molar-refractivity contribution in [2.45, 2.75) is 16.7 Å². The molecule has 158 valence electrons. The van der Waals surface area contributed by atoms with Crippen LogP contribution in [0, 0.1) is 17.5 Å². The summed E-state index contributed by atoms with van der Waals surface area (Å²) < 4.78 is 41.8. The third-order valence-corrected chi connectivity index (χ3v) is 6.59. The number of aromatic nitrogens is 3. The van der Waals surface area contributed by atoms with Crippen LogP contribution in [-0.2, 0) is 23.3 Å². The minimum atomic E-state index is -0.862. The molecule has 1 amide bonds. The highest BCUT2D eigenvalue weighted by molar-refractivity contribution is 9.10. The van der Waals surface area contributed by atoms with Gasteiger partial charge in [0.05, 0.1) is 17.2 Å². The van der Waals surface area contributed by atoms with Crippen LogP contribution < -0.4 is 5.32 Å². The summed E-state index contributed by atoms with van der Waals surface area (Å²) in [5, 5.41) is 11.2. The van der Waals surface area contributed by atoms with E-state index in [1.165, 1.54) is 12.1 Å². The van der Waals surface area contributed by atoms with Gasteiger partial charge in [0.1, 0.15) is 17.5 Å². The zero-order valence-electron chi connectivity index (χ0n) is 15.7. The van der Waals surface area contributed by atoms with Crippen LogP contribution in [0.15, 0.2) is 46.0 Å². The maximum atomic E-state index is 13.8. The van der Waals surface area contributed by atoms with E-state index in [0.29, 0.717) is 22.7 Å². The van der Waals surface area contributed by atoms with Gasteiger partial charge in [0.2, 0.25) is 5.91 Å². The molecule has 3 aromatic rings. The van der Waals surface area contributed by atoms with E-state index >= 15 is 0 Å². The molecule has 3 rings (SSSR count). The first kappa shape index (κ1) is 22.7. The highest BCUT2D eigenvalue weighted by atomic mass is 79.9. The van der Waals surface area contributed by atoms with Crippen LogP contribution in [0.1, 0.15) is 11.4 Å². The fourth-order valence-corrected chi connectivity index (χ4v) is 4.61. The normalized spacial score (nSPS) is 11.0. The molecule has 0 fully saturated rings. The molecule has 5 nitrogen and oxygen atoms in total. The number of nitrogens with zero attached hydrogens (tertiary/aromatic N) is 3. The van der Waals surface area contributed by atoms with E-state index in [9.17, 15) is 18.0 Å². The molecule has 0 saturated heterocycles. The largest absolute Gasteiger partial charge is 0.322 e. The fourth-order valence-electron chi connectivity index (χ4n) is 2.40. The second kappa shape index (κ2) is 10.4. The maximum Gasteiger partial charge on any atom is 0.234 e. The zero-order chi connectivity index (χ0) is 21.7. The number of hydrogen-bond donors (Lipinski definition) is 1. The first-order valence-corrected chi connectivity index (χ1v) is 11.5. The molecule has 1 aromatic heterocycles. The van der Waals surface area contributed by atoms with Crippen molar-refractivity contribution < 1.29 is 18.0 Å². The topological polar surface area (TPSA) is 59.8 Å². The van der Waals surface area contributed by atoms with Crippen LogP contribution >= 0.6 is 39.5 Å². The van der Waals surface area contributed by atoms with Gasteiger partial charge in [-0.2, -0.15) is 0 Å². The molecule has 0 saturated carbocycles. The average Bonchev–Trinajstić information content (AvgIpc) is 3.04. The summed E-state index contributed by atoms with van der Waals surface area (Å²) in [6, 6.07) is 8.10. The Hall–Kier alpha value is -1.98. The average molecular weight is 517 g/mol. The minimum Gasteiger partial charge on any atom is -0.322 e. The summed E-state index contributed by atoms with van der Waals surface area (Å²) in [5.74, 6) is -0.304. The Labute approximate surface area is 188 Å². The number of hydrogen-bond acceptors (Lipinski definition) is 5. The van der Waals surface area contributed by atoms with Gasteiger partial charge in [-0.25, -0.2) is 13.2 Å². The Bertz CT molecular complexity index is 1020. The van der Waals surface area contributed by atoms with Crippen molar-refractivity contribution >= 4 is 51.0 Å². The molecule has 0 aliphatic heterocycles. The van der Waals surface area contributed by atoms with Crippen molar-refractivity contribution in [1.29, 1.82) is 0 Å². The van der Waals surface area contributed by atoms with E-state index in [1.807, 2.05) is 0 Å². The molecule has 30 heavy (non-hydrogen) atoms. The predicted molar refractivity (Wildman–Crippen MR) is 116 cm³/mol. The lowest BCUT2D eigenvalue weighted by molar-refractivity contribution is -0.113. The number of benzene rings is 2. The molecular weight excluding hydrogens is 501 g/mol. The van der Waals surface area contributed by atoms with E-state index in [1.54, 1.807) is 35.5 Å². The molecule has 0 unspecified atom stereocenters. The first-order valence-electron chi connectivity index (χ1n) is 8.61. The van der Waals surface area contributed by atoms with E-state index < -0.39 is 17.5 Å². The van der Waals surface area contributed by atoms with Crippen molar-refractivity contribution in [3.8, 4) is 0 Å². The van der Waals surface area contributed by atoms with Gasteiger partial charge in [0.25, 0.3) is 0 Å². The monoisotopic (exact) mass is 516 g/mol. The number of carbonyl (C=O) groups excluding carboxylic acids is 1. The van der Waals surface area contributed by atoms with Crippen molar-refractivity contribution in [3.05, 3.63) is 69.7 Å². The lowest BCUT2D eigenvalue weighted by Gasteiger charge is -2.09. The summed E-state index contributed by atoms with van der Waals surface area (Å²) in [5.41, 5.74) is 0.895. The molecule has 1 heterocycles. The Morgan fingerprint density at radius 3 is 2.53 bits per heavy atom. The minimum absolute atomic E-state index is 0.0159. The van der Waals surface area contributed by atoms with Crippen LogP contribution in [0.5, 0.6) is 0 Å². The molecule has 11 heteroatoms. The number of rotatable bonds is 8. The molecule has 1 N–H and O–H groups in total. The molecule has 0 bridgehead atoms. The molecule has 0 aliphatic rings. The quantitative estimate of drug-likeness (QED) is 0.419. The third kappa shape index (κ3) is 6.02. The van der Waals surface area contributed by atoms with Crippen molar-refractivity contribution in [2.24, 2.45) is 7.05 Å². The summed E-state index contributed by atoms with van der Waals surface area (Å²) in [6.45, 7) is 0. The number of halogens is 4. The number of nitrogens with one attached hydrogen (secondary N) is 1. The van der Waals surface area contributed by atoms with Gasteiger partial charge in [-0.05, 0) is 39.7 Å². The fraction of sp³-hybridized carbons (Fsp3) is 0.211. The van der Waals surface area contributed by atoms with Crippen molar-refractivity contribution in [2.75, 3.05) is 11.1 Å². The third-order valence-electron chi connectivity index (χ3n) is 3.94. The van der Waals surface area contributed by atoms with Gasteiger partial charge in [-0.3, -0.25) is 4.79 Å². The van der Waals surface area contributed by atoms with E-state index in [4.69, 9.17) is 0 Å². The van der Waals surface area contributed by atoms with E-state index in [-0.39, 0.29) is 21.7 Å². The Morgan fingerprint density at radius 1 is 1.10 bits per heavy atom. The van der Waals surface area contributed by atoms with Gasteiger partial charge in [-0.15, -0.1) is 22.0 Å². The highest BCUT2D eigenvalue weighted by Gasteiger charge is 2.15. The van der Waals surface area contributed by atoms with Gasteiger partial charge in [0, 0.05) is 23.3 Å². The Balaban J connectivity index is 1.51. The highest BCUT2D eigenvalue weighted by Crippen LogP contribution is 2.27. The van der Waals surface area contributed by atoms with Crippen LogP contribution in [0.25, 0.3) is 0 Å². The number of amides is 1. The summed E-state index contributed by atoms with van der Waals surface area (Å²) in [7, 11) is 1.80. The van der Waals surface area contributed by atoms with Crippen molar-refractivity contribution in [3.63, 3.8) is 0 Å². The lowest BCUT2D eigenvalue weighted by atomic mass is 10.2. The number of anilines is 1. The van der Waals surface area contributed by atoms with Crippen LogP contribution in [-0.4, -0.2) is 26.4 Å². The van der Waals surface area contributed by atoms with Crippen LogP contribution in [0.4, 0.5) is 18.9 Å². The first-order chi connectivity index (χ1) is 14.3. The number of carbonyl (C=O) groups is 1. The Kier molecular flexibility index (Phi) is 7.84. The summed E-state index contributed by atoms with van der Waals surface area (Å²) >= 11 is 5.80. The molecular formula is C19H16BrF3N4OS2. The van der Waals surface area contributed by atoms with Crippen molar-refractivity contribution in [1.82, 2.24) is 14.8 Å². The zero-order valence-corrected chi connectivity index (χ0v) is 18.9. The van der Waals surface area contributed by atoms with Crippen LogP contribution in [0.2, 0.25) is 0 Å². The van der Waals surface area contributed by atoms with E-state index in [2.05, 4.69) is 31.4 Å². The predicted octanol–water partition coefficient (Wildman–Crippen LogP) is 5.16. The summed E-state index contributed by atoms with van der Waals surface area (Å²) in [6.07, 6.45) is 0. The van der Waals surface area contributed by atoms with E-state index in [0.717, 1.165) is 29.2 Å². The molecule has 0 radical (unpaired) electrons. The van der Waals surface area contributed by atoms with Gasteiger partial charge >= 0.3 is 0 Å². The smallest absolute Gasteiger partial charge is 0.234 e. The summed E-state index contributed by atoms with van der Waals surface area (Å²) in [4.78, 5) is 12.1. The van der Waals surface area contributed by atoms with Gasteiger partial charge in [-0.1, -0.05) is 23.9 Å². The SMILES string of the molecule is Cn1c(CSCc2ccc(F)cc2)nnc1SCC(=O)Nc1c(F)cc(F)cc1Br. The van der Waals surface area contributed by atoms with Gasteiger partial charge in [0.15, 0.2) is 11.0 Å². The Morgan fingerprint density at radius 2 is 1.83 bits per heavy atom. The second-order valence-corrected chi connectivity index (χ2v) is 8.94. The van der Waals surface area contributed by atoms with Gasteiger partial charge < -0.3 is 9.88 Å². The number of thioether (sulfide) groups is 2. The second-order valence-electron chi connectivity index (χ2n) is 6.16. The molecule has 0 spiro atoms. The maximum absolute atomic E-state index is 13.8. The van der Waals surface area contributed by atoms with Crippen LogP contribution in [0.3, 0.4) is 0 Å².